The van der Waals surface area contributed by atoms with E-state index < -0.39 is 0 Å². The third kappa shape index (κ3) is 4.22. The van der Waals surface area contributed by atoms with Gasteiger partial charge in [-0.1, -0.05) is 25.0 Å². The van der Waals surface area contributed by atoms with Crippen LogP contribution in [0.4, 0.5) is 5.69 Å². The molecule has 0 aliphatic heterocycles. The monoisotopic (exact) mass is 376 g/mol. The molecule has 4 rings (SSSR count). The Morgan fingerprint density at radius 1 is 1.00 bits per heavy atom. The molecule has 0 unspecified atom stereocenters. The third-order valence-electron chi connectivity index (χ3n) is 5.28. The SMILES string of the molecule is O=C(CC1CCCC1)NCC(=O)Nc1ccc(-n2cnc3ccccc32)cc1. The van der Waals surface area contributed by atoms with Gasteiger partial charge in [-0.05, 0) is 55.2 Å². The molecule has 0 saturated heterocycles. The summed E-state index contributed by atoms with van der Waals surface area (Å²) in [5, 5.41) is 5.54. The number of imidazole rings is 1. The van der Waals surface area contributed by atoms with Crippen LogP contribution in [-0.2, 0) is 9.59 Å². The molecule has 1 aromatic heterocycles. The normalized spacial score (nSPS) is 14.3. The highest BCUT2D eigenvalue weighted by Crippen LogP contribution is 2.27. The van der Waals surface area contributed by atoms with Gasteiger partial charge in [-0.3, -0.25) is 14.2 Å². The molecule has 6 heteroatoms. The largest absolute Gasteiger partial charge is 0.347 e. The van der Waals surface area contributed by atoms with Crippen molar-refractivity contribution >= 4 is 28.5 Å². The van der Waals surface area contributed by atoms with E-state index in [4.69, 9.17) is 0 Å². The Morgan fingerprint density at radius 2 is 1.75 bits per heavy atom. The lowest BCUT2D eigenvalue weighted by atomic mass is 10.0. The lowest BCUT2D eigenvalue weighted by Crippen LogP contribution is -2.33. The Morgan fingerprint density at radius 3 is 2.54 bits per heavy atom. The summed E-state index contributed by atoms with van der Waals surface area (Å²) in [5.74, 6) is 0.222. The smallest absolute Gasteiger partial charge is 0.243 e. The summed E-state index contributed by atoms with van der Waals surface area (Å²) in [5.41, 5.74) is 3.64. The maximum atomic E-state index is 12.1. The van der Waals surface area contributed by atoms with Crippen LogP contribution in [0, 0.1) is 5.92 Å². The molecule has 0 radical (unpaired) electrons. The van der Waals surface area contributed by atoms with E-state index in [-0.39, 0.29) is 18.4 Å². The molecule has 0 bridgehead atoms. The molecule has 1 aliphatic carbocycles. The summed E-state index contributed by atoms with van der Waals surface area (Å²) in [7, 11) is 0. The summed E-state index contributed by atoms with van der Waals surface area (Å²) in [6, 6.07) is 15.5. The van der Waals surface area contributed by atoms with E-state index in [0.717, 1.165) is 29.6 Å². The molecule has 2 amide bonds. The maximum Gasteiger partial charge on any atom is 0.243 e. The van der Waals surface area contributed by atoms with E-state index in [0.29, 0.717) is 18.0 Å². The zero-order valence-corrected chi connectivity index (χ0v) is 15.7. The zero-order valence-electron chi connectivity index (χ0n) is 15.7. The van der Waals surface area contributed by atoms with Gasteiger partial charge < -0.3 is 10.6 Å². The zero-order chi connectivity index (χ0) is 19.3. The second kappa shape index (κ2) is 8.25. The highest BCUT2D eigenvalue weighted by atomic mass is 16.2. The van der Waals surface area contributed by atoms with Gasteiger partial charge in [0.15, 0.2) is 0 Å². The lowest BCUT2D eigenvalue weighted by molar-refractivity contribution is -0.124. The van der Waals surface area contributed by atoms with Crippen molar-refractivity contribution in [2.24, 2.45) is 5.92 Å². The molecule has 6 nitrogen and oxygen atoms in total. The second-order valence-corrected chi connectivity index (χ2v) is 7.33. The molecule has 1 aliphatic rings. The van der Waals surface area contributed by atoms with Crippen LogP contribution < -0.4 is 10.6 Å². The van der Waals surface area contributed by atoms with Gasteiger partial charge in [-0.15, -0.1) is 0 Å². The number of rotatable bonds is 6. The van der Waals surface area contributed by atoms with E-state index >= 15 is 0 Å². The van der Waals surface area contributed by atoms with Crippen molar-refractivity contribution in [2.45, 2.75) is 32.1 Å². The lowest BCUT2D eigenvalue weighted by Gasteiger charge is -2.10. The van der Waals surface area contributed by atoms with Crippen LogP contribution in [0.2, 0.25) is 0 Å². The first-order valence-corrected chi connectivity index (χ1v) is 9.78. The number of fused-ring (bicyclic) bond motifs is 1. The highest BCUT2D eigenvalue weighted by molar-refractivity contribution is 5.94. The van der Waals surface area contributed by atoms with Gasteiger partial charge >= 0.3 is 0 Å². The summed E-state index contributed by atoms with van der Waals surface area (Å²) in [6.07, 6.45) is 6.99. The Balaban J connectivity index is 1.31. The topological polar surface area (TPSA) is 76.0 Å². The fourth-order valence-corrected chi connectivity index (χ4v) is 3.80. The molecule has 1 fully saturated rings. The number of anilines is 1. The molecular formula is C22H24N4O2. The highest BCUT2D eigenvalue weighted by Gasteiger charge is 2.18. The van der Waals surface area contributed by atoms with E-state index in [1.807, 2.05) is 53.1 Å². The first-order valence-electron chi connectivity index (χ1n) is 9.78. The van der Waals surface area contributed by atoms with Gasteiger partial charge in [0.25, 0.3) is 0 Å². The van der Waals surface area contributed by atoms with Gasteiger partial charge in [0, 0.05) is 17.8 Å². The molecule has 2 aromatic carbocycles. The van der Waals surface area contributed by atoms with Gasteiger partial charge in [0.2, 0.25) is 11.8 Å². The van der Waals surface area contributed by atoms with Gasteiger partial charge in [0.05, 0.1) is 17.6 Å². The number of nitrogens with zero attached hydrogens (tertiary/aromatic N) is 2. The van der Waals surface area contributed by atoms with Gasteiger partial charge in [-0.25, -0.2) is 4.98 Å². The summed E-state index contributed by atoms with van der Waals surface area (Å²) < 4.78 is 2.00. The Bertz CT molecular complexity index is 972. The van der Waals surface area contributed by atoms with Crippen molar-refractivity contribution < 1.29 is 9.59 Å². The minimum Gasteiger partial charge on any atom is -0.347 e. The summed E-state index contributed by atoms with van der Waals surface area (Å²) in [4.78, 5) is 28.4. The first kappa shape index (κ1) is 18.2. The number of hydrogen-bond acceptors (Lipinski definition) is 3. The summed E-state index contributed by atoms with van der Waals surface area (Å²) >= 11 is 0. The average molecular weight is 376 g/mol. The van der Waals surface area contributed by atoms with Crippen LogP contribution in [0.1, 0.15) is 32.1 Å². The number of carbonyl (C=O) groups excluding carboxylic acids is 2. The van der Waals surface area contributed by atoms with Crippen molar-refractivity contribution in [1.82, 2.24) is 14.9 Å². The van der Waals surface area contributed by atoms with Crippen LogP contribution in [0.25, 0.3) is 16.7 Å². The fourth-order valence-electron chi connectivity index (χ4n) is 3.80. The number of nitrogens with one attached hydrogen (secondary N) is 2. The first-order chi connectivity index (χ1) is 13.7. The minimum absolute atomic E-state index is 0.000533. The van der Waals surface area contributed by atoms with Crippen molar-refractivity contribution in [2.75, 3.05) is 11.9 Å². The standard InChI is InChI=1S/C22H24N4O2/c27-21(13-16-5-1-2-6-16)23-14-22(28)25-17-9-11-18(12-10-17)26-15-24-19-7-3-4-8-20(19)26/h3-4,7-12,15-16H,1-2,5-6,13-14H2,(H,23,27)(H,25,28). The minimum atomic E-state index is -0.222. The van der Waals surface area contributed by atoms with Gasteiger partial charge in [-0.2, -0.15) is 0 Å². The number of para-hydroxylation sites is 2. The van der Waals surface area contributed by atoms with E-state index in [2.05, 4.69) is 15.6 Å². The van der Waals surface area contributed by atoms with Crippen LogP contribution in [0.15, 0.2) is 54.9 Å². The van der Waals surface area contributed by atoms with Crippen molar-refractivity contribution in [3.05, 3.63) is 54.9 Å². The Labute approximate surface area is 164 Å². The van der Waals surface area contributed by atoms with Crippen LogP contribution in [0.5, 0.6) is 0 Å². The van der Waals surface area contributed by atoms with Crippen LogP contribution in [0.3, 0.4) is 0 Å². The van der Waals surface area contributed by atoms with E-state index in [9.17, 15) is 9.59 Å². The predicted molar refractivity (Wildman–Crippen MR) is 109 cm³/mol. The Kier molecular flexibility index (Phi) is 5.37. The molecular weight excluding hydrogens is 352 g/mol. The number of aromatic nitrogens is 2. The van der Waals surface area contributed by atoms with Crippen molar-refractivity contribution in [1.29, 1.82) is 0 Å². The molecule has 28 heavy (non-hydrogen) atoms. The molecule has 2 N–H and O–H groups in total. The molecule has 3 aromatic rings. The molecule has 144 valence electrons. The van der Waals surface area contributed by atoms with Crippen molar-refractivity contribution in [3.63, 3.8) is 0 Å². The van der Waals surface area contributed by atoms with Crippen LogP contribution >= 0.6 is 0 Å². The molecule has 0 spiro atoms. The van der Waals surface area contributed by atoms with E-state index in [1.54, 1.807) is 6.33 Å². The van der Waals surface area contributed by atoms with Crippen LogP contribution in [-0.4, -0.2) is 27.9 Å². The third-order valence-corrected chi connectivity index (χ3v) is 5.28. The molecule has 1 heterocycles. The number of hydrogen-bond donors (Lipinski definition) is 2. The van der Waals surface area contributed by atoms with Gasteiger partial charge in [0.1, 0.15) is 6.33 Å². The predicted octanol–water partition coefficient (Wildman–Crippen LogP) is 3.66. The number of benzene rings is 2. The second-order valence-electron chi connectivity index (χ2n) is 7.33. The quantitative estimate of drug-likeness (QED) is 0.689. The molecule has 0 atom stereocenters. The number of carbonyl (C=O) groups is 2. The fraction of sp³-hybridized carbons (Fsp3) is 0.318. The summed E-state index contributed by atoms with van der Waals surface area (Å²) in [6.45, 7) is -0.000533. The molecule has 1 saturated carbocycles. The van der Waals surface area contributed by atoms with E-state index in [1.165, 1.54) is 12.8 Å². The number of amides is 2. The van der Waals surface area contributed by atoms with Crippen molar-refractivity contribution in [3.8, 4) is 5.69 Å². The Hall–Kier alpha value is -3.15. The average Bonchev–Trinajstić information content (AvgIpc) is 3.37. The maximum absolute atomic E-state index is 12.1.